The SMILES string of the molecule is CC(C)(C)c1ccc(-n2c3cc(N(c4ccccc4)c4ccc(C#N)cc4)ccc3c3cc4ccc(N(c5ccccc5)c5ccc(C#N)cc5)cc4cc32)cc1. The van der Waals surface area contributed by atoms with Gasteiger partial charge in [-0.25, -0.2) is 0 Å². The molecule has 9 aromatic rings. The van der Waals surface area contributed by atoms with Gasteiger partial charge < -0.3 is 14.4 Å². The molecule has 0 aliphatic heterocycles. The number of rotatable bonds is 7. The number of nitriles is 2. The van der Waals surface area contributed by atoms with Gasteiger partial charge in [-0.3, -0.25) is 0 Å². The number of fused-ring (bicyclic) bond motifs is 4. The maximum atomic E-state index is 9.55. The van der Waals surface area contributed by atoms with Gasteiger partial charge in [0.1, 0.15) is 0 Å². The molecule has 9 rings (SSSR count). The Bertz CT molecular complexity index is 2980. The molecule has 0 fully saturated rings. The van der Waals surface area contributed by atoms with Gasteiger partial charge >= 0.3 is 0 Å². The number of aromatic nitrogens is 1. The van der Waals surface area contributed by atoms with Crippen LogP contribution in [0.1, 0.15) is 37.5 Å². The minimum atomic E-state index is 0.0238. The Morgan fingerprint density at radius 2 is 0.895 bits per heavy atom. The van der Waals surface area contributed by atoms with Crippen LogP contribution in [0.2, 0.25) is 0 Å². The van der Waals surface area contributed by atoms with Crippen LogP contribution in [-0.2, 0) is 5.41 Å². The minimum absolute atomic E-state index is 0.0238. The Balaban J connectivity index is 1.27. The fourth-order valence-corrected chi connectivity index (χ4v) is 7.82. The zero-order valence-corrected chi connectivity index (χ0v) is 32.1. The van der Waals surface area contributed by atoms with Gasteiger partial charge in [-0.1, -0.05) is 81.4 Å². The van der Waals surface area contributed by atoms with Crippen molar-refractivity contribution in [1.82, 2.24) is 4.57 Å². The van der Waals surface area contributed by atoms with E-state index in [1.54, 1.807) is 0 Å². The van der Waals surface area contributed by atoms with Gasteiger partial charge in [-0.15, -0.1) is 0 Å². The van der Waals surface area contributed by atoms with Crippen LogP contribution in [0.3, 0.4) is 0 Å². The molecule has 0 bridgehead atoms. The smallest absolute Gasteiger partial charge is 0.0991 e. The van der Waals surface area contributed by atoms with Crippen molar-refractivity contribution in [3.05, 3.63) is 199 Å². The van der Waals surface area contributed by atoms with Gasteiger partial charge in [0.15, 0.2) is 0 Å². The van der Waals surface area contributed by atoms with Gasteiger partial charge in [0.2, 0.25) is 0 Å². The first-order valence-electron chi connectivity index (χ1n) is 19.1. The van der Waals surface area contributed by atoms with E-state index < -0.39 is 0 Å². The summed E-state index contributed by atoms with van der Waals surface area (Å²) in [7, 11) is 0. The Labute approximate surface area is 333 Å². The lowest BCUT2D eigenvalue weighted by atomic mass is 9.87. The molecule has 0 atom stereocenters. The standard InChI is InChI=1S/C52H39N5/c1-52(2,3)40-19-26-45(27-20-40)57-50-32-39-30-46(55(41-10-6-4-7-11-41)43-21-14-36(34-53)15-22-43)25-18-38(39)31-49(50)48-29-28-47(33-51(48)57)56(42-12-8-5-9-13-42)44-23-16-37(35-54)17-24-44/h4-33H,1-3H3. The molecule has 5 heteroatoms. The molecule has 0 saturated carbocycles. The Morgan fingerprint density at radius 3 is 1.42 bits per heavy atom. The number of hydrogen-bond acceptors (Lipinski definition) is 4. The molecule has 0 N–H and O–H groups in total. The highest BCUT2D eigenvalue weighted by molar-refractivity contribution is 6.14. The molecule has 0 spiro atoms. The Hall–Kier alpha value is -7.60. The molecule has 57 heavy (non-hydrogen) atoms. The highest BCUT2D eigenvalue weighted by Gasteiger charge is 2.20. The lowest BCUT2D eigenvalue weighted by Crippen LogP contribution is -2.11. The van der Waals surface area contributed by atoms with Crippen LogP contribution in [0.25, 0.3) is 38.3 Å². The first-order valence-corrected chi connectivity index (χ1v) is 19.1. The fraction of sp³-hybridized carbons (Fsp3) is 0.0769. The molecule has 0 unspecified atom stereocenters. The third-order valence-corrected chi connectivity index (χ3v) is 10.7. The number of anilines is 6. The first-order chi connectivity index (χ1) is 27.8. The van der Waals surface area contributed by atoms with Gasteiger partial charge in [0, 0.05) is 50.6 Å². The van der Waals surface area contributed by atoms with E-state index in [-0.39, 0.29) is 5.41 Å². The van der Waals surface area contributed by atoms with Gasteiger partial charge in [-0.2, -0.15) is 10.5 Å². The van der Waals surface area contributed by atoms with E-state index in [2.05, 4.69) is 169 Å². The van der Waals surface area contributed by atoms with Crippen LogP contribution < -0.4 is 9.80 Å². The summed E-state index contributed by atoms with van der Waals surface area (Å²) in [5.41, 5.74) is 11.9. The second-order valence-corrected chi connectivity index (χ2v) is 15.4. The molecule has 0 aliphatic carbocycles. The summed E-state index contributed by atoms with van der Waals surface area (Å²) in [5, 5.41) is 23.6. The van der Waals surface area contributed by atoms with Crippen LogP contribution in [0.15, 0.2) is 182 Å². The highest BCUT2D eigenvalue weighted by atomic mass is 15.1. The molecule has 0 saturated heterocycles. The number of para-hydroxylation sites is 2. The summed E-state index contributed by atoms with van der Waals surface area (Å²) in [5.74, 6) is 0. The monoisotopic (exact) mass is 733 g/mol. The summed E-state index contributed by atoms with van der Waals surface area (Å²) < 4.78 is 2.39. The van der Waals surface area contributed by atoms with Crippen molar-refractivity contribution >= 4 is 66.7 Å². The maximum Gasteiger partial charge on any atom is 0.0991 e. The van der Waals surface area contributed by atoms with Crippen LogP contribution in [0, 0.1) is 22.7 Å². The second kappa shape index (κ2) is 14.2. The van der Waals surface area contributed by atoms with E-state index in [1.165, 1.54) is 10.9 Å². The molecule has 1 heterocycles. The van der Waals surface area contributed by atoms with E-state index in [9.17, 15) is 10.5 Å². The lowest BCUT2D eigenvalue weighted by Gasteiger charge is -2.26. The van der Waals surface area contributed by atoms with Crippen LogP contribution in [-0.4, -0.2) is 4.57 Å². The largest absolute Gasteiger partial charge is 0.310 e. The summed E-state index contributed by atoms with van der Waals surface area (Å²) in [6.45, 7) is 6.74. The first kappa shape index (κ1) is 35.1. The zero-order valence-electron chi connectivity index (χ0n) is 32.1. The summed E-state index contributed by atoms with van der Waals surface area (Å²) in [6.07, 6.45) is 0. The summed E-state index contributed by atoms with van der Waals surface area (Å²) in [6, 6.07) is 67.7. The van der Waals surface area contributed by atoms with E-state index in [0.717, 1.165) is 67.0 Å². The van der Waals surface area contributed by atoms with Gasteiger partial charge in [-0.05, 0) is 143 Å². The molecule has 0 aliphatic rings. The fourth-order valence-electron chi connectivity index (χ4n) is 7.82. The number of hydrogen-bond donors (Lipinski definition) is 0. The second-order valence-electron chi connectivity index (χ2n) is 15.4. The van der Waals surface area contributed by atoms with Crippen molar-refractivity contribution in [2.75, 3.05) is 9.80 Å². The van der Waals surface area contributed by atoms with Crippen LogP contribution >= 0.6 is 0 Å². The quantitative estimate of drug-likeness (QED) is 0.164. The number of benzene rings is 8. The predicted molar refractivity (Wildman–Crippen MR) is 236 cm³/mol. The molecule has 272 valence electrons. The normalized spacial score (nSPS) is 11.4. The topological polar surface area (TPSA) is 59.0 Å². The molecule has 5 nitrogen and oxygen atoms in total. The lowest BCUT2D eigenvalue weighted by molar-refractivity contribution is 0.590. The zero-order chi connectivity index (χ0) is 39.1. The van der Waals surface area contributed by atoms with Crippen molar-refractivity contribution in [3.8, 4) is 17.8 Å². The highest BCUT2D eigenvalue weighted by Crippen LogP contribution is 2.42. The van der Waals surface area contributed by atoms with Crippen molar-refractivity contribution in [2.45, 2.75) is 26.2 Å². The third-order valence-electron chi connectivity index (χ3n) is 10.7. The minimum Gasteiger partial charge on any atom is -0.310 e. The Kier molecular flexibility index (Phi) is 8.77. The molecular formula is C52H39N5. The summed E-state index contributed by atoms with van der Waals surface area (Å²) in [4.78, 5) is 4.48. The number of nitrogens with zero attached hydrogens (tertiary/aromatic N) is 5. The van der Waals surface area contributed by atoms with E-state index in [1.807, 2.05) is 60.7 Å². The third kappa shape index (κ3) is 6.52. The molecule has 0 radical (unpaired) electrons. The molecule has 1 aromatic heterocycles. The molecule has 0 amide bonds. The average molecular weight is 734 g/mol. The van der Waals surface area contributed by atoms with Crippen LogP contribution in [0.4, 0.5) is 34.1 Å². The molecule has 8 aromatic carbocycles. The average Bonchev–Trinajstić information content (AvgIpc) is 3.56. The van der Waals surface area contributed by atoms with Crippen molar-refractivity contribution in [2.24, 2.45) is 0 Å². The van der Waals surface area contributed by atoms with Crippen molar-refractivity contribution in [3.63, 3.8) is 0 Å². The van der Waals surface area contributed by atoms with Crippen LogP contribution in [0.5, 0.6) is 0 Å². The van der Waals surface area contributed by atoms with E-state index in [0.29, 0.717) is 11.1 Å². The Morgan fingerprint density at radius 1 is 0.421 bits per heavy atom. The van der Waals surface area contributed by atoms with Gasteiger partial charge in [0.05, 0.1) is 34.3 Å². The van der Waals surface area contributed by atoms with E-state index in [4.69, 9.17) is 0 Å². The summed E-state index contributed by atoms with van der Waals surface area (Å²) >= 11 is 0. The van der Waals surface area contributed by atoms with Crippen molar-refractivity contribution < 1.29 is 0 Å². The predicted octanol–water partition coefficient (Wildman–Crippen LogP) is 13.9. The van der Waals surface area contributed by atoms with E-state index >= 15 is 0 Å². The van der Waals surface area contributed by atoms with Gasteiger partial charge in [0.25, 0.3) is 0 Å². The maximum absolute atomic E-state index is 9.55. The van der Waals surface area contributed by atoms with Crippen molar-refractivity contribution in [1.29, 1.82) is 10.5 Å². The molecular weight excluding hydrogens is 695 g/mol.